The van der Waals surface area contributed by atoms with Crippen molar-refractivity contribution in [1.82, 2.24) is 5.32 Å². The lowest BCUT2D eigenvalue weighted by Gasteiger charge is -2.28. The third-order valence-electron chi connectivity index (χ3n) is 3.98. The number of carbonyl (C=O) groups is 1. The molecule has 2 aliphatic heterocycles. The lowest BCUT2D eigenvalue weighted by molar-refractivity contribution is -0.124. The standard InChI is InChI=1S/C13H24N2O2S/c14-12(11-1-5-17-6-2-11)13(16)15-9-10-3-7-18-8-4-10/h10-12H,1-9,14H2,(H,15,16). The highest BCUT2D eigenvalue weighted by Crippen LogP contribution is 2.22. The molecule has 0 saturated carbocycles. The van der Waals surface area contributed by atoms with Crippen molar-refractivity contribution in [3.05, 3.63) is 0 Å². The highest BCUT2D eigenvalue weighted by Gasteiger charge is 2.26. The molecule has 0 aromatic rings. The van der Waals surface area contributed by atoms with Crippen LogP contribution in [0.25, 0.3) is 0 Å². The predicted octanol–water partition coefficient (Wildman–Crippen LogP) is 1.000. The van der Waals surface area contributed by atoms with Gasteiger partial charge in [0.2, 0.25) is 5.91 Å². The topological polar surface area (TPSA) is 64.4 Å². The maximum absolute atomic E-state index is 12.0. The zero-order valence-electron chi connectivity index (χ0n) is 10.9. The van der Waals surface area contributed by atoms with Crippen LogP contribution >= 0.6 is 11.8 Å². The normalized spacial score (nSPS) is 24.7. The Morgan fingerprint density at radius 3 is 2.61 bits per heavy atom. The van der Waals surface area contributed by atoms with Gasteiger partial charge < -0.3 is 15.8 Å². The van der Waals surface area contributed by atoms with E-state index in [1.165, 1.54) is 24.3 Å². The van der Waals surface area contributed by atoms with Gasteiger partial charge in [-0.1, -0.05) is 0 Å². The van der Waals surface area contributed by atoms with Gasteiger partial charge >= 0.3 is 0 Å². The lowest BCUT2D eigenvalue weighted by atomic mass is 9.91. The van der Waals surface area contributed by atoms with Gasteiger partial charge in [0.1, 0.15) is 0 Å². The highest BCUT2D eigenvalue weighted by atomic mass is 32.2. The maximum atomic E-state index is 12.0. The average Bonchev–Trinajstić information content (AvgIpc) is 2.46. The molecule has 0 aromatic heterocycles. The fraction of sp³-hybridized carbons (Fsp3) is 0.923. The second-order valence-electron chi connectivity index (χ2n) is 5.28. The summed E-state index contributed by atoms with van der Waals surface area (Å²) in [5.74, 6) is 3.43. The lowest BCUT2D eigenvalue weighted by Crippen LogP contribution is -2.48. The van der Waals surface area contributed by atoms with Gasteiger partial charge in [-0.05, 0) is 49.0 Å². The zero-order chi connectivity index (χ0) is 12.8. The van der Waals surface area contributed by atoms with Gasteiger partial charge in [-0.2, -0.15) is 11.8 Å². The van der Waals surface area contributed by atoms with E-state index in [0.29, 0.717) is 11.8 Å². The van der Waals surface area contributed by atoms with Crippen LogP contribution < -0.4 is 11.1 Å². The number of carbonyl (C=O) groups excluding carboxylic acids is 1. The Balaban J connectivity index is 1.69. The molecule has 0 bridgehead atoms. The number of rotatable bonds is 4. The Kier molecular flexibility index (Phi) is 5.79. The average molecular weight is 272 g/mol. The minimum absolute atomic E-state index is 0.0279. The van der Waals surface area contributed by atoms with Gasteiger partial charge in [0.25, 0.3) is 0 Å². The number of ether oxygens (including phenoxy) is 1. The van der Waals surface area contributed by atoms with E-state index in [4.69, 9.17) is 10.5 Å². The molecule has 4 nitrogen and oxygen atoms in total. The molecule has 2 rings (SSSR count). The van der Waals surface area contributed by atoms with E-state index < -0.39 is 0 Å². The number of thioether (sulfide) groups is 1. The minimum Gasteiger partial charge on any atom is -0.381 e. The molecule has 3 N–H and O–H groups in total. The Hall–Kier alpha value is -0.260. The van der Waals surface area contributed by atoms with Crippen LogP contribution in [0.2, 0.25) is 0 Å². The predicted molar refractivity (Wildman–Crippen MR) is 74.6 cm³/mol. The van der Waals surface area contributed by atoms with Crippen LogP contribution in [-0.4, -0.2) is 43.2 Å². The number of hydrogen-bond donors (Lipinski definition) is 2. The first kappa shape index (κ1) is 14.2. The van der Waals surface area contributed by atoms with Crippen molar-refractivity contribution in [3.8, 4) is 0 Å². The molecule has 0 spiro atoms. The first-order valence-corrected chi connectivity index (χ1v) is 8.11. The van der Waals surface area contributed by atoms with Crippen LogP contribution in [0.5, 0.6) is 0 Å². The van der Waals surface area contributed by atoms with Crippen LogP contribution in [0.15, 0.2) is 0 Å². The molecule has 2 aliphatic rings. The van der Waals surface area contributed by atoms with Crippen LogP contribution in [-0.2, 0) is 9.53 Å². The van der Waals surface area contributed by atoms with E-state index in [2.05, 4.69) is 5.32 Å². The molecule has 0 aromatic carbocycles. The Morgan fingerprint density at radius 2 is 1.94 bits per heavy atom. The third kappa shape index (κ3) is 4.14. The van der Waals surface area contributed by atoms with E-state index in [1.54, 1.807) is 0 Å². The third-order valence-corrected chi connectivity index (χ3v) is 5.03. The van der Waals surface area contributed by atoms with Crippen LogP contribution in [0.1, 0.15) is 25.7 Å². The van der Waals surface area contributed by atoms with E-state index in [1.807, 2.05) is 11.8 Å². The van der Waals surface area contributed by atoms with Crippen molar-refractivity contribution < 1.29 is 9.53 Å². The molecular formula is C13H24N2O2S. The second-order valence-corrected chi connectivity index (χ2v) is 6.50. The van der Waals surface area contributed by atoms with Crippen molar-refractivity contribution in [2.75, 3.05) is 31.3 Å². The van der Waals surface area contributed by atoms with Gasteiger partial charge in [0.05, 0.1) is 6.04 Å². The SMILES string of the molecule is NC(C(=O)NCC1CCSCC1)C1CCOCC1. The van der Waals surface area contributed by atoms with Gasteiger partial charge in [0, 0.05) is 19.8 Å². The summed E-state index contributed by atoms with van der Waals surface area (Å²) in [6, 6.07) is -0.355. The molecule has 2 fully saturated rings. The van der Waals surface area contributed by atoms with Gasteiger partial charge in [-0.15, -0.1) is 0 Å². The summed E-state index contributed by atoms with van der Waals surface area (Å²) in [5, 5.41) is 3.04. The Morgan fingerprint density at radius 1 is 1.28 bits per heavy atom. The first-order valence-electron chi connectivity index (χ1n) is 6.96. The first-order chi connectivity index (χ1) is 8.77. The summed E-state index contributed by atoms with van der Waals surface area (Å²) >= 11 is 2.01. The molecular weight excluding hydrogens is 248 g/mol. The second kappa shape index (κ2) is 7.36. The summed E-state index contributed by atoms with van der Waals surface area (Å²) in [5.41, 5.74) is 6.04. The molecule has 5 heteroatoms. The summed E-state index contributed by atoms with van der Waals surface area (Å²) in [7, 11) is 0. The quantitative estimate of drug-likeness (QED) is 0.801. The smallest absolute Gasteiger partial charge is 0.237 e. The molecule has 18 heavy (non-hydrogen) atoms. The minimum atomic E-state index is -0.355. The molecule has 2 heterocycles. The Labute approximate surface area is 113 Å². The summed E-state index contributed by atoms with van der Waals surface area (Å²) < 4.78 is 5.30. The number of nitrogens with two attached hydrogens (primary N) is 1. The number of nitrogens with one attached hydrogen (secondary N) is 1. The largest absolute Gasteiger partial charge is 0.381 e. The van der Waals surface area contributed by atoms with E-state index in [-0.39, 0.29) is 11.9 Å². The zero-order valence-corrected chi connectivity index (χ0v) is 11.7. The molecule has 1 amide bonds. The maximum Gasteiger partial charge on any atom is 0.237 e. The van der Waals surface area contributed by atoms with Crippen LogP contribution in [0, 0.1) is 11.8 Å². The molecule has 1 atom stereocenters. The van der Waals surface area contributed by atoms with E-state index in [0.717, 1.165) is 32.6 Å². The van der Waals surface area contributed by atoms with Crippen molar-refractivity contribution in [3.63, 3.8) is 0 Å². The highest BCUT2D eigenvalue weighted by molar-refractivity contribution is 7.99. The van der Waals surface area contributed by atoms with Crippen molar-refractivity contribution in [2.24, 2.45) is 17.6 Å². The summed E-state index contributed by atoms with van der Waals surface area (Å²) in [4.78, 5) is 12.0. The van der Waals surface area contributed by atoms with Crippen molar-refractivity contribution >= 4 is 17.7 Å². The van der Waals surface area contributed by atoms with E-state index in [9.17, 15) is 4.79 Å². The summed E-state index contributed by atoms with van der Waals surface area (Å²) in [6.45, 7) is 2.29. The number of amides is 1. The van der Waals surface area contributed by atoms with E-state index >= 15 is 0 Å². The van der Waals surface area contributed by atoms with Crippen LogP contribution in [0.3, 0.4) is 0 Å². The van der Waals surface area contributed by atoms with Gasteiger partial charge in [-0.3, -0.25) is 4.79 Å². The molecule has 104 valence electrons. The fourth-order valence-corrected chi connectivity index (χ4v) is 3.81. The number of hydrogen-bond acceptors (Lipinski definition) is 4. The monoisotopic (exact) mass is 272 g/mol. The fourth-order valence-electron chi connectivity index (χ4n) is 2.60. The van der Waals surface area contributed by atoms with Gasteiger partial charge in [0.15, 0.2) is 0 Å². The van der Waals surface area contributed by atoms with Crippen molar-refractivity contribution in [1.29, 1.82) is 0 Å². The van der Waals surface area contributed by atoms with Crippen molar-refractivity contribution in [2.45, 2.75) is 31.7 Å². The molecule has 0 radical (unpaired) electrons. The summed E-state index contributed by atoms with van der Waals surface area (Å²) in [6.07, 6.45) is 4.26. The Bertz CT molecular complexity index is 264. The molecule has 2 saturated heterocycles. The molecule has 1 unspecified atom stereocenters. The molecule has 0 aliphatic carbocycles. The van der Waals surface area contributed by atoms with Gasteiger partial charge in [-0.25, -0.2) is 0 Å². The van der Waals surface area contributed by atoms with Crippen LogP contribution in [0.4, 0.5) is 0 Å².